The minimum Gasteiger partial charge on any atom is -0.389 e. The van der Waals surface area contributed by atoms with Crippen LogP contribution in [0.25, 0.3) is 0 Å². The van der Waals surface area contributed by atoms with Crippen molar-refractivity contribution in [1.82, 2.24) is 4.90 Å². The first-order chi connectivity index (χ1) is 8.45. The van der Waals surface area contributed by atoms with Crippen LogP contribution in [0, 0.1) is 0 Å². The first-order valence-corrected chi connectivity index (χ1v) is 6.08. The highest BCUT2D eigenvalue weighted by molar-refractivity contribution is 6.42. The second-order valence-electron chi connectivity index (χ2n) is 3.92. The topological polar surface area (TPSA) is 49.8 Å². The van der Waals surface area contributed by atoms with Gasteiger partial charge in [-0.25, -0.2) is 0 Å². The molecule has 1 unspecified atom stereocenters. The summed E-state index contributed by atoms with van der Waals surface area (Å²) in [7, 11) is 3.09. The molecular formula is C12H15Cl2NO3. The molecule has 1 atom stereocenters. The van der Waals surface area contributed by atoms with E-state index in [1.807, 2.05) is 0 Å². The summed E-state index contributed by atoms with van der Waals surface area (Å²) in [6, 6.07) is 4.66. The van der Waals surface area contributed by atoms with Crippen LogP contribution in [-0.2, 0) is 4.74 Å². The number of nitrogens with zero attached hydrogens (tertiary/aromatic N) is 1. The van der Waals surface area contributed by atoms with Crippen molar-refractivity contribution in [3.63, 3.8) is 0 Å². The predicted octanol–water partition coefficient (Wildman–Crippen LogP) is 2.07. The average molecular weight is 292 g/mol. The smallest absolute Gasteiger partial charge is 0.253 e. The zero-order valence-electron chi connectivity index (χ0n) is 10.2. The van der Waals surface area contributed by atoms with E-state index in [0.717, 1.165) is 0 Å². The number of halogens is 2. The predicted molar refractivity (Wildman–Crippen MR) is 71.3 cm³/mol. The molecule has 1 amide bonds. The maximum Gasteiger partial charge on any atom is 0.253 e. The highest BCUT2D eigenvalue weighted by atomic mass is 35.5. The van der Waals surface area contributed by atoms with Crippen LogP contribution in [0.2, 0.25) is 10.0 Å². The van der Waals surface area contributed by atoms with Crippen molar-refractivity contribution >= 4 is 29.1 Å². The van der Waals surface area contributed by atoms with Crippen molar-refractivity contribution in [2.45, 2.75) is 6.10 Å². The van der Waals surface area contributed by atoms with Crippen molar-refractivity contribution in [2.24, 2.45) is 0 Å². The molecule has 0 saturated carbocycles. The van der Waals surface area contributed by atoms with Gasteiger partial charge in [-0.1, -0.05) is 23.2 Å². The van der Waals surface area contributed by atoms with E-state index in [0.29, 0.717) is 15.6 Å². The summed E-state index contributed by atoms with van der Waals surface area (Å²) in [5, 5.41) is 10.3. The van der Waals surface area contributed by atoms with Crippen LogP contribution in [0.1, 0.15) is 10.4 Å². The molecule has 0 aliphatic heterocycles. The molecule has 1 aromatic carbocycles. The van der Waals surface area contributed by atoms with Gasteiger partial charge >= 0.3 is 0 Å². The highest BCUT2D eigenvalue weighted by Gasteiger charge is 2.16. The van der Waals surface area contributed by atoms with Gasteiger partial charge in [0.15, 0.2) is 0 Å². The molecule has 0 heterocycles. The number of hydrogen-bond acceptors (Lipinski definition) is 3. The Morgan fingerprint density at radius 2 is 2.11 bits per heavy atom. The number of aliphatic hydroxyl groups is 1. The SMILES string of the molecule is COCC(O)CN(C)C(=O)c1ccc(Cl)c(Cl)c1. The number of aliphatic hydroxyl groups excluding tert-OH is 1. The first-order valence-electron chi connectivity index (χ1n) is 5.33. The number of carbonyl (C=O) groups excluding carboxylic acids is 1. The van der Waals surface area contributed by atoms with Gasteiger partial charge in [0.05, 0.1) is 22.8 Å². The van der Waals surface area contributed by atoms with Crippen LogP contribution in [0.3, 0.4) is 0 Å². The van der Waals surface area contributed by atoms with Gasteiger partial charge in [0.25, 0.3) is 5.91 Å². The molecule has 0 aliphatic carbocycles. The molecular weight excluding hydrogens is 277 g/mol. The van der Waals surface area contributed by atoms with E-state index in [1.54, 1.807) is 19.2 Å². The average Bonchev–Trinajstić information content (AvgIpc) is 2.32. The molecule has 0 radical (unpaired) electrons. The number of likely N-dealkylation sites (N-methyl/N-ethyl adjacent to an activating group) is 1. The van der Waals surface area contributed by atoms with Crippen molar-refractivity contribution in [3.8, 4) is 0 Å². The van der Waals surface area contributed by atoms with Crippen molar-refractivity contribution in [1.29, 1.82) is 0 Å². The molecule has 6 heteroatoms. The van der Waals surface area contributed by atoms with Crippen LogP contribution in [0.4, 0.5) is 0 Å². The van der Waals surface area contributed by atoms with E-state index < -0.39 is 6.10 Å². The van der Waals surface area contributed by atoms with E-state index in [-0.39, 0.29) is 19.1 Å². The van der Waals surface area contributed by atoms with Crippen LogP contribution in [-0.4, -0.2) is 49.3 Å². The second-order valence-corrected chi connectivity index (χ2v) is 4.74. The maximum absolute atomic E-state index is 12.0. The number of carbonyl (C=O) groups is 1. The Bertz CT molecular complexity index is 426. The Labute approximate surface area is 116 Å². The molecule has 100 valence electrons. The van der Waals surface area contributed by atoms with E-state index in [2.05, 4.69) is 0 Å². The van der Waals surface area contributed by atoms with E-state index in [1.165, 1.54) is 18.1 Å². The second kappa shape index (κ2) is 6.95. The van der Waals surface area contributed by atoms with Crippen LogP contribution in [0.15, 0.2) is 18.2 Å². The molecule has 0 aliphatic rings. The summed E-state index contributed by atoms with van der Waals surface area (Å²) in [5.74, 6) is -0.233. The number of amides is 1. The standard InChI is InChI=1S/C12H15Cl2NO3/c1-15(6-9(16)7-18-2)12(17)8-3-4-10(13)11(14)5-8/h3-5,9,16H,6-7H2,1-2H3. The first kappa shape index (κ1) is 15.2. The Hall–Kier alpha value is -0.810. The lowest BCUT2D eigenvalue weighted by atomic mass is 10.2. The van der Waals surface area contributed by atoms with Crippen molar-refractivity contribution < 1.29 is 14.6 Å². The summed E-state index contributed by atoms with van der Waals surface area (Å²) < 4.78 is 4.80. The molecule has 0 saturated heterocycles. The fourth-order valence-electron chi connectivity index (χ4n) is 1.49. The van der Waals surface area contributed by atoms with Gasteiger partial charge in [-0.15, -0.1) is 0 Å². The Kier molecular flexibility index (Phi) is 5.88. The summed E-state index contributed by atoms with van der Waals surface area (Å²) in [6.45, 7) is 0.367. The van der Waals surface area contributed by atoms with E-state index >= 15 is 0 Å². The summed E-state index contributed by atoms with van der Waals surface area (Å²) in [6.07, 6.45) is -0.716. The molecule has 0 bridgehead atoms. The summed E-state index contributed by atoms with van der Waals surface area (Å²) in [5.41, 5.74) is 0.427. The van der Waals surface area contributed by atoms with Crippen LogP contribution in [0.5, 0.6) is 0 Å². The third kappa shape index (κ3) is 4.14. The minimum atomic E-state index is -0.716. The number of methoxy groups -OCH3 is 1. The number of rotatable bonds is 5. The molecule has 0 fully saturated rings. The zero-order valence-corrected chi connectivity index (χ0v) is 11.7. The number of ether oxygens (including phenoxy) is 1. The highest BCUT2D eigenvalue weighted by Crippen LogP contribution is 2.23. The quantitative estimate of drug-likeness (QED) is 0.904. The van der Waals surface area contributed by atoms with Gasteiger partial charge in [0.1, 0.15) is 0 Å². The van der Waals surface area contributed by atoms with Gasteiger partial charge in [-0.3, -0.25) is 4.79 Å². The Morgan fingerprint density at radius 1 is 1.44 bits per heavy atom. The normalized spacial score (nSPS) is 12.3. The van der Waals surface area contributed by atoms with Crippen LogP contribution >= 0.6 is 23.2 Å². The molecule has 18 heavy (non-hydrogen) atoms. The zero-order chi connectivity index (χ0) is 13.7. The summed E-state index contributed by atoms with van der Waals surface area (Å²) >= 11 is 11.6. The third-order valence-electron chi connectivity index (χ3n) is 2.36. The Balaban J connectivity index is 2.71. The monoisotopic (exact) mass is 291 g/mol. The molecule has 0 aromatic heterocycles. The van der Waals surface area contributed by atoms with Gasteiger partial charge in [-0.05, 0) is 18.2 Å². The molecule has 1 aromatic rings. The number of benzene rings is 1. The lowest BCUT2D eigenvalue weighted by Crippen LogP contribution is -2.36. The van der Waals surface area contributed by atoms with Crippen molar-refractivity contribution in [3.05, 3.63) is 33.8 Å². The fraction of sp³-hybridized carbons (Fsp3) is 0.417. The van der Waals surface area contributed by atoms with E-state index in [9.17, 15) is 9.90 Å². The molecule has 0 spiro atoms. The third-order valence-corrected chi connectivity index (χ3v) is 3.10. The number of hydrogen-bond donors (Lipinski definition) is 1. The minimum absolute atomic E-state index is 0.180. The van der Waals surface area contributed by atoms with Crippen LogP contribution < -0.4 is 0 Å². The molecule has 1 N–H and O–H groups in total. The van der Waals surface area contributed by atoms with Crippen molar-refractivity contribution in [2.75, 3.05) is 27.3 Å². The van der Waals surface area contributed by atoms with Gasteiger partial charge < -0.3 is 14.7 Å². The van der Waals surface area contributed by atoms with Gasteiger partial charge in [0, 0.05) is 26.3 Å². The van der Waals surface area contributed by atoms with Gasteiger partial charge in [-0.2, -0.15) is 0 Å². The lowest BCUT2D eigenvalue weighted by Gasteiger charge is -2.20. The molecule has 1 rings (SSSR count). The van der Waals surface area contributed by atoms with Gasteiger partial charge in [0.2, 0.25) is 0 Å². The fourth-order valence-corrected chi connectivity index (χ4v) is 1.79. The summed E-state index contributed by atoms with van der Waals surface area (Å²) in [4.78, 5) is 13.4. The largest absolute Gasteiger partial charge is 0.389 e. The maximum atomic E-state index is 12.0. The molecule has 4 nitrogen and oxygen atoms in total. The Morgan fingerprint density at radius 3 is 2.67 bits per heavy atom. The van der Waals surface area contributed by atoms with E-state index in [4.69, 9.17) is 27.9 Å². The lowest BCUT2D eigenvalue weighted by molar-refractivity contribution is 0.0380.